The predicted molar refractivity (Wildman–Crippen MR) is 95.1 cm³/mol. The highest BCUT2D eigenvalue weighted by Crippen LogP contribution is 2.20. The maximum absolute atomic E-state index is 12.1. The summed E-state index contributed by atoms with van der Waals surface area (Å²) < 4.78 is 10.9. The molecule has 0 heterocycles. The van der Waals surface area contributed by atoms with Gasteiger partial charge in [0, 0.05) is 15.8 Å². The molecule has 0 aromatic heterocycles. The zero-order valence-electron chi connectivity index (χ0n) is 13.2. The summed E-state index contributed by atoms with van der Waals surface area (Å²) in [5, 5.41) is 2.66. The number of benzene rings is 2. The fraction of sp³-hybridized carbons (Fsp3) is 0.176. The van der Waals surface area contributed by atoms with Crippen LogP contribution >= 0.6 is 15.9 Å². The number of hydrogen-bond acceptors (Lipinski definition) is 5. The van der Waals surface area contributed by atoms with Crippen LogP contribution in [0.1, 0.15) is 17.3 Å². The minimum absolute atomic E-state index is 0.202. The summed E-state index contributed by atoms with van der Waals surface area (Å²) in [6.45, 7) is 1.49. The number of rotatable bonds is 5. The summed E-state index contributed by atoms with van der Waals surface area (Å²) >= 11 is 3.26. The van der Waals surface area contributed by atoms with Gasteiger partial charge in [-0.15, -0.1) is 0 Å². The van der Waals surface area contributed by atoms with E-state index in [1.165, 1.54) is 6.92 Å². The lowest BCUT2D eigenvalue weighted by molar-refractivity contribution is -0.123. The molecule has 1 atom stereocenters. The van der Waals surface area contributed by atoms with Crippen LogP contribution in [-0.4, -0.2) is 25.1 Å². The van der Waals surface area contributed by atoms with Crippen molar-refractivity contribution in [3.05, 3.63) is 52.5 Å². The molecule has 126 valence electrons. The molecule has 0 unspecified atom stereocenters. The lowest BCUT2D eigenvalue weighted by Crippen LogP contribution is -2.30. The van der Waals surface area contributed by atoms with E-state index >= 15 is 0 Å². The Labute approximate surface area is 148 Å². The van der Waals surface area contributed by atoms with Crippen LogP contribution in [0.4, 0.5) is 11.4 Å². The number of esters is 1. The Morgan fingerprint density at radius 3 is 2.46 bits per heavy atom. The number of nitrogen functional groups attached to an aromatic ring is 1. The number of ether oxygens (including phenoxy) is 2. The fourth-order valence-corrected chi connectivity index (χ4v) is 2.26. The molecule has 2 aromatic rings. The summed E-state index contributed by atoms with van der Waals surface area (Å²) in [5.41, 5.74) is 6.82. The van der Waals surface area contributed by atoms with Gasteiger partial charge < -0.3 is 20.5 Å². The van der Waals surface area contributed by atoms with Crippen molar-refractivity contribution in [2.24, 2.45) is 0 Å². The number of methoxy groups -OCH3 is 1. The van der Waals surface area contributed by atoms with Gasteiger partial charge in [0.15, 0.2) is 6.10 Å². The van der Waals surface area contributed by atoms with Crippen molar-refractivity contribution in [3.8, 4) is 5.75 Å². The summed E-state index contributed by atoms with van der Waals surface area (Å²) in [4.78, 5) is 24.3. The number of halogens is 1. The molecule has 0 saturated heterocycles. The number of anilines is 2. The molecule has 0 aliphatic carbocycles. The first-order valence-electron chi connectivity index (χ1n) is 7.11. The van der Waals surface area contributed by atoms with Crippen LogP contribution in [0, 0.1) is 0 Å². The van der Waals surface area contributed by atoms with Crippen molar-refractivity contribution in [1.29, 1.82) is 0 Å². The Kier molecular flexibility index (Phi) is 5.81. The molecule has 0 aliphatic heterocycles. The molecule has 2 aromatic carbocycles. The Morgan fingerprint density at radius 2 is 1.83 bits per heavy atom. The van der Waals surface area contributed by atoms with E-state index in [4.69, 9.17) is 15.2 Å². The van der Waals surface area contributed by atoms with E-state index < -0.39 is 18.0 Å². The Morgan fingerprint density at radius 1 is 1.17 bits per heavy atom. The van der Waals surface area contributed by atoms with Gasteiger partial charge >= 0.3 is 5.97 Å². The first kappa shape index (κ1) is 17.8. The van der Waals surface area contributed by atoms with Crippen LogP contribution in [-0.2, 0) is 9.53 Å². The lowest BCUT2D eigenvalue weighted by atomic mass is 10.2. The zero-order chi connectivity index (χ0) is 17.7. The normalized spacial score (nSPS) is 11.5. The van der Waals surface area contributed by atoms with E-state index in [0.29, 0.717) is 15.9 Å². The molecule has 24 heavy (non-hydrogen) atoms. The van der Waals surface area contributed by atoms with Gasteiger partial charge in [0.2, 0.25) is 0 Å². The van der Waals surface area contributed by atoms with Crippen molar-refractivity contribution in [2.75, 3.05) is 18.2 Å². The first-order valence-corrected chi connectivity index (χ1v) is 7.91. The third kappa shape index (κ3) is 4.48. The minimum atomic E-state index is -0.974. The van der Waals surface area contributed by atoms with E-state index in [1.807, 2.05) is 0 Å². The standard InChI is InChI=1S/C17H17BrN2O4/c1-10(16(21)20-12-4-6-13(23-2)7-5-12)24-17(22)14-9-11(18)3-8-15(14)19/h3-10H,19H2,1-2H3,(H,20,21)/t10-/m0/s1. The molecule has 2 rings (SSSR count). The molecule has 0 bridgehead atoms. The quantitative estimate of drug-likeness (QED) is 0.601. The number of nitrogens with one attached hydrogen (secondary N) is 1. The second-order valence-electron chi connectivity index (χ2n) is 5.00. The Bertz CT molecular complexity index is 747. The van der Waals surface area contributed by atoms with Crippen molar-refractivity contribution < 1.29 is 19.1 Å². The molecule has 7 heteroatoms. The maximum atomic E-state index is 12.1. The van der Waals surface area contributed by atoms with Crippen molar-refractivity contribution >= 4 is 39.2 Å². The second kappa shape index (κ2) is 7.83. The summed E-state index contributed by atoms with van der Waals surface area (Å²) in [6.07, 6.45) is -0.974. The molecule has 0 radical (unpaired) electrons. The van der Waals surface area contributed by atoms with Crippen molar-refractivity contribution in [2.45, 2.75) is 13.0 Å². The highest BCUT2D eigenvalue weighted by atomic mass is 79.9. The second-order valence-corrected chi connectivity index (χ2v) is 5.91. The van der Waals surface area contributed by atoms with Crippen LogP contribution in [0.15, 0.2) is 46.9 Å². The highest BCUT2D eigenvalue weighted by molar-refractivity contribution is 9.10. The number of carbonyl (C=O) groups is 2. The Hall–Kier alpha value is -2.54. The summed E-state index contributed by atoms with van der Waals surface area (Å²) in [6, 6.07) is 11.7. The minimum Gasteiger partial charge on any atom is -0.497 e. The maximum Gasteiger partial charge on any atom is 0.341 e. The molecule has 0 saturated carbocycles. The zero-order valence-corrected chi connectivity index (χ0v) is 14.8. The molecular weight excluding hydrogens is 376 g/mol. The number of amides is 1. The molecule has 6 nitrogen and oxygen atoms in total. The van der Waals surface area contributed by atoms with E-state index in [0.717, 1.165) is 0 Å². The number of hydrogen-bond donors (Lipinski definition) is 2. The van der Waals surface area contributed by atoms with Crippen LogP contribution in [0.5, 0.6) is 5.75 Å². The van der Waals surface area contributed by atoms with Crippen molar-refractivity contribution in [3.63, 3.8) is 0 Å². The smallest absolute Gasteiger partial charge is 0.341 e. The molecule has 0 aliphatic rings. The van der Waals surface area contributed by atoms with Crippen LogP contribution < -0.4 is 15.8 Å². The van der Waals surface area contributed by atoms with E-state index in [2.05, 4.69) is 21.2 Å². The molecule has 0 fully saturated rings. The predicted octanol–water partition coefficient (Wildman–Crippen LogP) is 3.22. The van der Waals surface area contributed by atoms with E-state index in [-0.39, 0.29) is 11.3 Å². The first-order chi connectivity index (χ1) is 11.4. The lowest BCUT2D eigenvalue weighted by Gasteiger charge is -2.14. The van der Waals surface area contributed by atoms with Gasteiger partial charge in [-0.1, -0.05) is 15.9 Å². The van der Waals surface area contributed by atoms with Gasteiger partial charge in [-0.25, -0.2) is 4.79 Å². The number of carbonyl (C=O) groups excluding carboxylic acids is 2. The van der Waals surface area contributed by atoms with Crippen LogP contribution in [0.25, 0.3) is 0 Å². The van der Waals surface area contributed by atoms with Crippen LogP contribution in [0.3, 0.4) is 0 Å². The average molecular weight is 393 g/mol. The molecule has 1 amide bonds. The average Bonchev–Trinajstić information content (AvgIpc) is 2.57. The van der Waals surface area contributed by atoms with E-state index in [1.54, 1.807) is 49.6 Å². The van der Waals surface area contributed by atoms with E-state index in [9.17, 15) is 9.59 Å². The SMILES string of the molecule is COc1ccc(NC(=O)[C@H](C)OC(=O)c2cc(Br)ccc2N)cc1. The monoisotopic (exact) mass is 392 g/mol. The van der Waals surface area contributed by atoms with Gasteiger partial charge in [0.05, 0.1) is 12.7 Å². The van der Waals surface area contributed by atoms with Gasteiger partial charge in [-0.2, -0.15) is 0 Å². The largest absolute Gasteiger partial charge is 0.497 e. The van der Waals surface area contributed by atoms with Gasteiger partial charge in [0.25, 0.3) is 5.91 Å². The third-order valence-electron chi connectivity index (χ3n) is 3.25. The molecule has 0 spiro atoms. The fourth-order valence-electron chi connectivity index (χ4n) is 1.90. The van der Waals surface area contributed by atoms with Gasteiger partial charge in [-0.3, -0.25) is 4.79 Å². The highest BCUT2D eigenvalue weighted by Gasteiger charge is 2.20. The van der Waals surface area contributed by atoms with Crippen molar-refractivity contribution in [1.82, 2.24) is 0 Å². The summed E-state index contributed by atoms with van der Waals surface area (Å²) in [7, 11) is 1.56. The Balaban J connectivity index is 2.00. The topological polar surface area (TPSA) is 90.6 Å². The van der Waals surface area contributed by atoms with Gasteiger partial charge in [0.1, 0.15) is 5.75 Å². The molecular formula is C17H17BrN2O4. The van der Waals surface area contributed by atoms with Crippen LogP contribution in [0.2, 0.25) is 0 Å². The number of nitrogens with two attached hydrogens (primary N) is 1. The third-order valence-corrected chi connectivity index (χ3v) is 3.74. The molecule has 3 N–H and O–H groups in total. The van der Waals surface area contributed by atoms with Gasteiger partial charge in [-0.05, 0) is 49.4 Å². The summed E-state index contributed by atoms with van der Waals surface area (Å²) in [5.74, 6) is -0.425.